The molecule has 20 heavy (non-hydrogen) atoms. The van der Waals surface area contributed by atoms with Crippen LogP contribution in [0.2, 0.25) is 5.02 Å². The van der Waals surface area contributed by atoms with Gasteiger partial charge in [0.1, 0.15) is 0 Å². The molecule has 0 spiro atoms. The number of hydrogen-bond acceptors (Lipinski definition) is 3. The Hall–Kier alpha value is -1.26. The molecule has 0 saturated carbocycles. The minimum atomic E-state index is -0.300. The molecule has 4 nitrogen and oxygen atoms in total. The smallest absolute Gasteiger partial charge is 0.231 e. The third-order valence-electron chi connectivity index (χ3n) is 4.09. The van der Waals surface area contributed by atoms with Gasteiger partial charge in [0.15, 0.2) is 0 Å². The van der Waals surface area contributed by atoms with E-state index in [1.807, 2.05) is 31.1 Å². The molecule has 2 N–H and O–H groups in total. The van der Waals surface area contributed by atoms with Crippen molar-refractivity contribution in [3.05, 3.63) is 23.2 Å². The number of anilines is 2. The zero-order chi connectivity index (χ0) is 14.8. The molecule has 1 amide bonds. The number of nitrogens with one attached hydrogen (secondary N) is 2. The summed E-state index contributed by atoms with van der Waals surface area (Å²) in [7, 11) is 3.90. The van der Waals surface area contributed by atoms with Crippen LogP contribution in [0.4, 0.5) is 11.4 Å². The predicted octanol–water partition coefficient (Wildman–Crippen LogP) is 2.73. The minimum Gasteiger partial charge on any atom is -0.376 e. The van der Waals surface area contributed by atoms with Crippen LogP contribution in [0.1, 0.15) is 19.8 Å². The number of benzene rings is 1. The van der Waals surface area contributed by atoms with Gasteiger partial charge in [0.05, 0.1) is 16.8 Å². The number of nitrogens with zero attached hydrogens (tertiary/aromatic N) is 1. The summed E-state index contributed by atoms with van der Waals surface area (Å²) < 4.78 is 0. The van der Waals surface area contributed by atoms with Crippen molar-refractivity contribution in [3.63, 3.8) is 0 Å². The zero-order valence-electron chi connectivity index (χ0n) is 12.3. The molecule has 1 aromatic carbocycles. The SMILES string of the molecule is CCC1(C(=O)Nc2cc(Cl)ccc2N(C)C)CCNC1. The molecule has 0 bridgehead atoms. The van der Waals surface area contributed by atoms with Crippen LogP contribution in [0.15, 0.2) is 18.2 Å². The van der Waals surface area contributed by atoms with Gasteiger partial charge in [-0.1, -0.05) is 18.5 Å². The lowest BCUT2D eigenvalue weighted by Gasteiger charge is -2.27. The second-order valence-corrected chi connectivity index (χ2v) is 6.01. The van der Waals surface area contributed by atoms with E-state index in [2.05, 4.69) is 17.6 Å². The summed E-state index contributed by atoms with van der Waals surface area (Å²) in [5.74, 6) is 0.0790. The molecule has 0 aromatic heterocycles. The molecule has 110 valence electrons. The van der Waals surface area contributed by atoms with E-state index in [4.69, 9.17) is 11.6 Å². The van der Waals surface area contributed by atoms with Gasteiger partial charge in [-0.2, -0.15) is 0 Å². The maximum Gasteiger partial charge on any atom is 0.231 e. The maximum atomic E-state index is 12.6. The molecular weight excluding hydrogens is 274 g/mol. The van der Waals surface area contributed by atoms with Crippen molar-refractivity contribution in [2.45, 2.75) is 19.8 Å². The average Bonchev–Trinajstić information content (AvgIpc) is 2.88. The molecule has 0 radical (unpaired) electrons. The maximum absolute atomic E-state index is 12.6. The third kappa shape index (κ3) is 2.91. The topological polar surface area (TPSA) is 44.4 Å². The summed E-state index contributed by atoms with van der Waals surface area (Å²) in [4.78, 5) is 14.6. The highest BCUT2D eigenvalue weighted by molar-refractivity contribution is 6.31. The third-order valence-corrected chi connectivity index (χ3v) is 4.33. The first-order chi connectivity index (χ1) is 9.48. The Morgan fingerprint density at radius 3 is 2.80 bits per heavy atom. The number of halogens is 1. The van der Waals surface area contributed by atoms with Crippen LogP contribution < -0.4 is 15.5 Å². The van der Waals surface area contributed by atoms with Crippen molar-refractivity contribution in [2.75, 3.05) is 37.4 Å². The van der Waals surface area contributed by atoms with Crippen molar-refractivity contribution >= 4 is 28.9 Å². The molecule has 1 unspecified atom stereocenters. The second-order valence-electron chi connectivity index (χ2n) is 5.57. The van der Waals surface area contributed by atoms with E-state index in [1.165, 1.54) is 0 Å². The summed E-state index contributed by atoms with van der Waals surface area (Å²) in [5.41, 5.74) is 1.43. The highest BCUT2D eigenvalue weighted by Gasteiger charge is 2.39. The van der Waals surface area contributed by atoms with Crippen LogP contribution in [0, 0.1) is 5.41 Å². The van der Waals surface area contributed by atoms with Crippen molar-refractivity contribution in [1.82, 2.24) is 5.32 Å². The number of amides is 1. The first kappa shape index (κ1) is 15.1. The Morgan fingerprint density at radius 1 is 1.50 bits per heavy atom. The van der Waals surface area contributed by atoms with Gasteiger partial charge in [-0.05, 0) is 37.6 Å². The first-order valence-corrected chi connectivity index (χ1v) is 7.35. The lowest BCUT2D eigenvalue weighted by atomic mass is 9.83. The van der Waals surface area contributed by atoms with E-state index < -0.39 is 0 Å². The molecule has 1 aliphatic heterocycles. The normalized spacial score (nSPS) is 21.8. The minimum absolute atomic E-state index is 0.0790. The Morgan fingerprint density at radius 2 is 2.25 bits per heavy atom. The van der Waals surface area contributed by atoms with Crippen LogP contribution >= 0.6 is 11.6 Å². The van der Waals surface area contributed by atoms with Crippen LogP contribution in [0.25, 0.3) is 0 Å². The lowest BCUT2D eigenvalue weighted by Crippen LogP contribution is -2.37. The van der Waals surface area contributed by atoms with Gasteiger partial charge >= 0.3 is 0 Å². The largest absolute Gasteiger partial charge is 0.376 e. The summed E-state index contributed by atoms with van der Waals surface area (Å²) in [6.45, 7) is 3.71. The van der Waals surface area contributed by atoms with E-state index >= 15 is 0 Å². The fourth-order valence-electron chi connectivity index (χ4n) is 2.65. The summed E-state index contributed by atoms with van der Waals surface area (Å²) in [5, 5.41) is 6.97. The highest BCUT2D eigenvalue weighted by atomic mass is 35.5. The van der Waals surface area contributed by atoms with Crippen LogP contribution in [0.5, 0.6) is 0 Å². The molecule has 1 aliphatic rings. The van der Waals surface area contributed by atoms with Crippen LogP contribution in [-0.2, 0) is 4.79 Å². The molecule has 2 rings (SSSR count). The molecule has 1 saturated heterocycles. The van der Waals surface area contributed by atoms with E-state index in [9.17, 15) is 4.79 Å². The van der Waals surface area contributed by atoms with Gasteiger partial charge in [-0.15, -0.1) is 0 Å². The average molecular weight is 296 g/mol. The van der Waals surface area contributed by atoms with Crippen LogP contribution in [-0.4, -0.2) is 33.1 Å². The molecule has 5 heteroatoms. The molecule has 1 fully saturated rings. The number of carbonyl (C=O) groups is 1. The van der Waals surface area contributed by atoms with E-state index in [0.717, 1.165) is 37.3 Å². The van der Waals surface area contributed by atoms with Gasteiger partial charge in [0.2, 0.25) is 5.91 Å². The summed E-state index contributed by atoms with van der Waals surface area (Å²) in [6, 6.07) is 5.56. The van der Waals surface area contributed by atoms with Crippen molar-refractivity contribution in [3.8, 4) is 0 Å². The van der Waals surface area contributed by atoms with E-state index in [-0.39, 0.29) is 11.3 Å². The van der Waals surface area contributed by atoms with Gasteiger partial charge in [0, 0.05) is 25.7 Å². The van der Waals surface area contributed by atoms with Gasteiger partial charge in [-0.3, -0.25) is 4.79 Å². The number of carbonyl (C=O) groups excluding carboxylic acids is 1. The standard InChI is InChI=1S/C15H22ClN3O/c1-4-15(7-8-17-10-15)14(20)18-12-9-11(16)5-6-13(12)19(2)3/h5-6,9,17H,4,7-8,10H2,1-3H3,(H,18,20). The second kappa shape index (κ2) is 6.02. The molecule has 1 aromatic rings. The molecular formula is C15H22ClN3O. The number of hydrogen-bond donors (Lipinski definition) is 2. The van der Waals surface area contributed by atoms with Gasteiger partial charge in [-0.25, -0.2) is 0 Å². The zero-order valence-corrected chi connectivity index (χ0v) is 13.0. The molecule has 0 aliphatic carbocycles. The van der Waals surface area contributed by atoms with E-state index in [0.29, 0.717) is 5.02 Å². The first-order valence-electron chi connectivity index (χ1n) is 6.97. The fraction of sp³-hybridized carbons (Fsp3) is 0.533. The predicted molar refractivity (Wildman–Crippen MR) is 84.6 cm³/mol. The highest BCUT2D eigenvalue weighted by Crippen LogP contribution is 2.34. The number of rotatable bonds is 4. The quantitative estimate of drug-likeness (QED) is 0.898. The van der Waals surface area contributed by atoms with E-state index in [1.54, 1.807) is 6.07 Å². The summed E-state index contributed by atoms with van der Waals surface area (Å²) in [6.07, 6.45) is 1.72. The molecule has 1 heterocycles. The monoisotopic (exact) mass is 295 g/mol. The Kier molecular flexibility index (Phi) is 4.55. The van der Waals surface area contributed by atoms with Crippen molar-refractivity contribution < 1.29 is 4.79 Å². The Bertz CT molecular complexity index is 496. The Balaban J connectivity index is 2.25. The Labute approximate surface area is 125 Å². The summed E-state index contributed by atoms with van der Waals surface area (Å²) >= 11 is 6.05. The fourth-order valence-corrected chi connectivity index (χ4v) is 2.83. The van der Waals surface area contributed by atoms with Gasteiger partial charge < -0.3 is 15.5 Å². The van der Waals surface area contributed by atoms with Crippen molar-refractivity contribution in [2.24, 2.45) is 5.41 Å². The molecule has 1 atom stereocenters. The van der Waals surface area contributed by atoms with Gasteiger partial charge in [0.25, 0.3) is 0 Å². The van der Waals surface area contributed by atoms with Crippen molar-refractivity contribution in [1.29, 1.82) is 0 Å². The van der Waals surface area contributed by atoms with Crippen LogP contribution in [0.3, 0.4) is 0 Å². The lowest BCUT2D eigenvalue weighted by molar-refractivity contribution is -0.124.